The Kier molecular flexibility index (Phi) is 11.1. The van der Waals surface area contributed by atoms with Crippen molar-refractivity contribution in [2.45, 2.75) is 84.0 Å². The van der Waals surface area contributed by atoms with E-state index in [1.807, 2.05) is 6.07 Å². The van der Waals surface area contributed by atoms with Crippen LogP contribution in [0.1, 0.15) is 92.1 Å². The van der Waals surface area contributed by atoms with Crippen LogP contribution in [0.4, 0.5) is 0 Å². The first-order valence-electron chi connectivity index (χ1n) is 8.95. The van der Waals surface area contributed by atoms with Gasteiger partial charge in [0.05, 0.1) is 7.11 Å². The van der Waals surface area contributed by atoms with Crippen LogP contribution in [0.3, 0.4) is 0 Å². The van der Waals surface area contributed by atoms with Crippen LogP contribution in [-0.2, 0) is 11.2 Å². The van der Waals surface area contributed by atoms with Gasteiger partial charge in [0.15, 0.2) is 0 Å². The fourth-order valence-corrected chi connectivity index (χ4v) is 3.65. The van der Waals surface area contributed by atoms with Gasteiger partial charge in [-0.3, -0.25) is 0 Å². The van der Waals surface area contributed by atoms with E-state index in [-0.39, 0.29) is 5.97 Å². The first-order chi connectivity index (χ1) is 10.8. The van der Waals surface area contributed by atoms with Crippen molar-refractivity contribution in [3.05, 3.63) is 21.9 Å². The molecule has 22 heavy (non-hydrogen) atoms. The maximum Gasteiger partial charge on any atom is 0.348 e. The fourth-order valence-electron chi connectivity index (χ4n) is 2.69. The smallest absolute Gasteiger partial charge is 0.348 e. The van der Waals surface area contributed by atoms with E-state index >= 15 is 0 Å². The molecule has 0 unspecified atom stereocenters. The highest BCUT2D eigenvalue weighted by molar-refractivity contribution is 7.13. The van der Waals surface area contributed by atoms with Crippen molar-refractivity contribution < 1.29 is 9.53 Å². The number of esters is 1. The van der Waals surface area contributed by atoms with Crippen LogP contribution in [0.25, 0.3) is 0 Å². The summed E-state index contributed by atoms with van der Waals surface area (Å²) in [6, 6.07) is 3.94. The molecule has 1 heterocycles. The topological polar surface area (TPSA) is 26.3 Å². The summed E-state index contributed by atoms with van der Waals surface area (Å²) in [6.45, 7) is 2.27. The molecule has 1 aromatic rings. The third kappa shape index (κ3) is 8.57. The van der Waals surface area contributed by atoms with E-state index in [2.05, 4.69) is 13.0 Å². The van der Waals surface area contributed by atoms with Crippen molar-refractivity contribution in [1.82, 2.24) is 0 Å². The Morgan fingerprint density at radius 2 is 1.45 bits per heavy atom. The van der Waals surface area contributed by atoms with Crippen LogP contribution in [-0.4, -0.2) is 13.1 Å². The predicted octanol–water partition coefficient (Wildman–Crippen LogP) is 6.39. The maximum absolute atomic E-state index is 11.4. The lowest BCUT2D eigenvalue weighted by Gasteiger charge is -2.02. The lowest BCUT2D eigenvalue weighted by Crippen LogP contribution is -1.96. The summed E-state index contributed by atoms with van der Waals surface area (Å²) in [6.07, 6.45) is 16.2. The number of rotatable bonds is 13. The van der Waals surface area contributed by atoms with Crippen LogP contribution in [0, 0.1) is 0 Å². The Balaban J connectivity index is 1.93. The summed E-state index contributed by atoms with van der Waals surface area (Å²) in [5, 5.41) is 0. The number of carbonyl (C=O) groups is 1. The van der Waals surface area contributed by atoms with Gasteiger partial charge in [-0.25, -0.2) is 4.79 Å². The average Bonchev–Trinajstić information content (AvgIpc) is 3.00. The Labute approximate surface area is 140 Å². The summed E-state index contributed by atoms with van der Waals surface area (Å²) >= 11 is 1.57. The third-order valence-corrected chi connectivity index (χ3v) is 5.20. The molecule has 0 radical (unpaired) electrons. The second-order valence-electron chi connectivity index (χ2n) is 6.04. The molecule has 0 saturated carbocycles. The van der Waals surface area contributed by atoms with E-state index in [9.17, 15) is 4.79 Å². The Morgan fingerprint density at radius 1 is 0.909 bits per heavy atom. The van der Waals surface area contributed by atoms with Crippen molar-refractivity contribution in [2.75, 3.05) is 7.11 Å². The lowest BCUT2D eigenvalue weighted by atomic mass is 10.1. The van der Waals surface area contributed by atoms with E-state index in [0.29, 0.717) is 0 Å². The van der Waals surface area contributed by atoms with Crippen molar-refractivity contribution >= 4 is 17.3 Å². The molecule has 0 amide bonds. The van der Waals surface area contributed by atoms with Crippen LogP contribution in [0.15, 0.2) is 12.1 Å². The monoisotopic (exact) mass is 324 g/mol. The molecular formula is C19H32O2S. The zero-order chi connectivity index (χ0) is 16.0. The molecule has 1 rings (SSSR count). The zero-order valence-electron chi connectivity index (χ0n) is 14.4. The van der Waals surface area contributed by atoms with Gasteiger partial charge in [-0.05, 0) is 25.0 Å². The fraction of sp³-hybridized carbons (Fsp3) is 0.737. The molecular weight excluding hydrogens is 292 g/mol. The average molecular weight is 325 g/mol. The predicted molar refractivity (Wildman–Crippen MR) is 95.8 cm³/mol. The maximum atomic E-state index is 11.4. The minimum Gasteiger partial charge on any atom is -0.465 e. The van der Waals surface area contributed by atoms with Gasteiger partial charge < -0.3 is 4.74 Å². The van der Waals surface area contributed by atoms with Gasteiger partial charge in [-0.15, -0.1) is 11.3 Å². The van der Waals surface area contributed by atoms with Gasteiger partial charge in [0, 0.05) is 4.88 Å². The third-order valence-electron chi connectivity index (χ3n) is 4.07. The Hall–Kier alpha value is -0.830. The second-order valence-corrected chi connectivity index (χ2v) is 7.21. The van der Waals surface area contributed by atoms with Crippen molar-refractivity contribution in [3.8, 4) is 0 Å². The molecule has 0 saturated heterocycles. The SMILES string of the molecule is CCCCCCCCCCCCCc1ccc(C(=O)OC)s1. The van der Waals surface area contributed by atoms with Gasteiger partial charge >= 0.3 is 5.97 Å². The van der Waals surface area contributed by atoms with Gasteiger partial charge in [0.25, 0.3) is 0 Å². The highest BCUT2D eigenvalue weighted by atomic mass is 32.1. The summed E-state index contributed by atoms with van der Waals surface area (Å²) in [7, 11) is 1.44. The van der Waals surface area contributed by atoms with E-state index in [0.717, 1.165) is 11.3 Å². The summed E-state index contributed by atoms with van der Waals surface area (Å²) in [4.78, 5) is 13.4. The van der Waals surface area contributed by atoms with Crippen molar-refractivity contribution in [1.29, 1.82) is 0 Å². The number of aryl methyl sites for hydroxylation is 1. The number of thiophene rings is 1. The molecule has 1 aromatic heterocycles. The number of ether oxygens (including phenoxy) is 1. The van der Waals surface area contributed by atoms with Crippen LogP contribution in [0.2, 0.25) is 0 Å². The molecule has 0 N–H and O–H groups in total. The standard InChI is InChI=1S/C19H32O2S/c1-3-4-5-6-7-8-9-10-11-12-13-14-17-15-16-18(22-17)19(20)21-2/h15-16H,3-14H2,1-2H3. The summed E-state index contributed by atoms with van der Waals surface area (Å²) < 4.78 is 4.73. The van der Waals surface area contributed by atoms with E-state index in [1.54, 1.807) is 11.3 Å². The molecule has 0 spiro atoms. The number of hydrogen-bond donors (Lipinski definition) is 0. The minimum absolute atomic E-state index is 0.213. The molecule has 0 atom stereocenters. The van der Waals surface area contributed by atoms with Crippen LogP contribution < -0.4 is 0 Å². The highest BCUT2D eigenvalue weighted by Gasteiger charge is 2.08. The number of hydrogen-bond acceptors (Lipinski definition) is 3. The van der Waals surface area contributed by atoms with Crippen LogP contribution in [0.5, 0.6) is 0 Å². The molecule has 0 aliphatic heterocycles. The number of carbonyl (C=O) groups excluding carboxylic acids is 1. The molecule has 126 valence electrons. The largest absolute Gasteiger partial charge is 0.465 e. The molecule has 0 bridgehead atoms. The van der Waals surface area contributed by atoms with Gasteiger partial charge in [0.1, 0.15) is 4.88 Å². The lowest BCUT2D eigenvalue weighted by molar-refractivity contribution is 0.0606. The van der Waals surface area contributed by atoms with E-state index in [4.69, 9.17) is 4.74 Å². The minimum atomic E-state index is -0.213. The molecule has 0 aliphatic carbocycles. The van der Waals surface area contributed by atoms with Gasteiger partial charge in [-0.1, -0.05) is 71.1 Å². The second kappa shape index (κ2) is 12.7. The zero-order valence-corrected chi connectivity index (χ0v) is 15.2. The summed E-state index contributed by atoms with van der Waals surface area (Å²) in [5.74, 6) is -0.213. The normalized spacial score (nSPS) is 10.8. The Morgan fingerprint density at radius 3 is 2.00 bits per heavy atom. The van der Waals surface area contributed by atoms with Crippen molar-refractivity contribution in [3.63, 3.8) is 0 Å². The molecule has 0 aromatic carbocycles. The molecule has 0 fully saturated rings. The van der Waals surface area contributed by atoms with E-state index < -0.39 is 0 Å². The molecule has 0 aliphatic rings. The van der Waals surface area contributed by atoms with Crippen molar-refractivity contribution in [2.24, 2.45) is 0 Å². The van der Waals surface area contributed by atoms with Gasteiger partial charge in [0.2, 0.25) is 0 Å². The first-order valence-corrected chi connectivity index (χ1v) is 9.76. The Bertz CT molecular complexity index is 398. The highest BCUT2D eigenvalue weighted by Crippen LogP contribution is 2.20. The molecule has 2 nitrogen and oxygen atoms in total. The summed E-state index contributed by atoms with van der Waals surface area (Å²) in [5.41, 5.74) is 0. The van der Waals surface area contributed by atoms with Crippen LogP contribution >= 0.6 is 11.3 Å². The number of unbranched alkanes of at least 4 members (excludes halogenated alkanes) is 10. The number of methoxy groups -OCH3 is 1. The quantitative estimate of drug-likeness (QED) is 0.310. The first kappa shape index (κ1) is 19.2. The van der Waals surface area contributed by atoms with E-state index in [1.165, 1.54) is 82.6 Å². The molecule has 3 heteroatoms. The van der Waals surface area contributed by atoms with Gasteiger partial charge in [-0.2, -0.15) is 0 Å².